The molecule has 2 N–H and O–H groups in total. The van der Waals surface area contributed by atoms with Crippen LogP contribution in [0.2, 0.25) is 0 Å². The van der Waals surface area contributed by atoms with E-state index >= 15 is 0 Å². The zero-order valence-corrected chi connectivity index (χ0v) is 18.8. The minimum absolute atomic E-state index is 0.0507. The van der Waals surface area contributed by atoms with Gasteiger partial charge in [0, 0.05) is 49.5 Å². The molecule has 0 atom stereocenters. The third-order valence-electron chi connectivity index (χ3n) is 5.50. The zero-order valence-electron chi connectivity index (χ0n) is 18.8. The van der Waals surface area contributed by atoms with Gasteiger partial charge in [-0.25, -0.2) is 0 Å². The summed E-state index contributed by atoms with van der Waals surface area (Å²) in [4.78, 5) is 29.8. The van der Waals surface area contributed by atoms with Crippen molar-refractivity contribution in [2.45, 2.75) is 12.8 Å². The van der Waals surface area contributed by atoms with E-state index in [4.69, 9.17) is 4.74 Å². The molecule has 1 fully saturated rings. The Hall–Kier alpha value is -2.74. The van der Waals surface area contributed by atoms with Crippen molar-refractivity contribution in [1.82, 2.24) is 15.5 Å². The van der Waals surface area contributed by atoms with Crippen LogP contribution in [0.25, 0.3) is 0 Å². The molecule has 171 valence electrons. The fourth-order valence-corrected chi connectivity index (χ4v) is 3.67. The van der Waals surface area contributed by atoms with E-state index in [2.05, 4.69) is 21.6 Å². The van der Waals surface area contributed by atoms with Gasteiger partial charge in [-0.3, -0.25) is 14.5 Å². The number of nitrogens with zero attached hydrogens (tertiary/aromatic N) is 2. The molecule has 0 saturated carbocycles. The van der Waals surface area contributed by atoms with Crippen LogP contribution in [0, 0.1) is 6.07 Å². The van der Waals surface area contributed by atoms with E-state index < -0.39 is 0 Å². The summed E-state index contributed by atoms with van der Waals surface area (Å²) in [5.41, 5.74) is 2.01. The van der Waals surface area contributed by atoms with Crippen LogP contribution in [-0.2, 0) is 4.74 Å². The van der Waals surface area contributed by atoms with E-state index in [0.717, 1.165) is 57.9 Å². The van der Waals surface area contributed by atoms with Crippen molar-refractivity contribution in [2.75, 3.05) is 64.4 Å². The van der Waals surface area contributed by atoms with Crippen molar-refractivity contribution in [2.24, 2.45) is 0 Å². The summed E-state index contributed by atoms with van der Waals surface area (Å²) in [7, 11) is 1.89. The van der Waals surface area contributed by atoms with Crippen LogP contribution in [0.3, 0.4) is 0 Å². The third-order valence-corrected chi connectivity index (χ3v) is 5.50. The van der Waals surface area contributed by atoms with E-state index in [-0.39, 0.29) is 11.8 Å². The molecule has 1 saturated heterocycles. The van der Waals surface area contributed by atoms with Crippen LogP contribution < -0.4 is 15.5 Å². The molecule has 2 aromatic carbocycles. The Kier molecular flexibility index (Phi) is 9.68. The van der Waals surface area contributed by atoms with E-state index in [1.54, 1.807) is 41.3 Å². The second-order valence-corrected chi connectivity index (χ2v) is 7.81. The third kappa shape index (κ3) is 7.15. The average molecular weight is 438 g/mol. The Balaban J connectivity index is 1.66. The summed E-state index contributed by atoms with van der Waals surface area (Å²) in [5.74, 6) is -0.151. The van der Waals surface area contributed by atoms with Crippen molar-refractivity contribution >= 4 is 17.5 Å². The number of carbonyl (C=O) groups excluding carboxylic acids is 2. The molecule has 0 aromatic heterocycles. The molecule has 0 unspecified atom stereocenters. The van der Waals surface area contributed by atoms with Crippen LogP contribution in [0.15, 0.2) is 48.5 Å². The number of carbonyl (C=O) groups is 2. The van der Waals surface area contributed by atoms with Gasteiger partial charge >= 0.3 is 0 Å². The average Bonchev–Trinajstić information content (AvgIpc) is 2.85. The molecule has 7 heteroatoms. The highest BCUT2D eigenvalue weighted by Crippen LogP contribution is 2.19. The van der Waals surface area contributed by atoms with Gasteiger partial charge in [-0.05, 0) is 68.9 Å². The SMILES string of the molecule is CNCCCNC(=O)c1ccc(N(CCCN2CCOCC2)C(=O)c2cc[c]cc2)cc1. The van der Waals surface area contributed by atoms with Gasteiger partial charge in [0.15, 0.2) is 0 Å². The normalized spacial score (nSPS) is 14.2. The number of hydrogen-bond donors (Lipinski definition) is 2. The first-order chi connectivity index (χ1) is 15.7. The molecule has 1 aliphatic heterocycles. The highest BCUT2D eigenvalue weighted by Gasteiger charge is 2.19. The van der Waals surface area contributed by atoms with Crippen LogP contribution >= 0.6 is 0 Å². The second kappa shape index (κ2) is 13.0. The quantitative estimate of drug-likeness (QED) is 0.527. The van der Waals surface area contributed by atoms with E-state index in [0.29, 0.717) is 24.2 Å². The Morgan fingerprint density at radius 3 is 2.41 bits per heavy atom. The van der Waals surface area contributed by atoms with Crippen molar-refractivity contribution in [3.05, 3.63) is 65.7 Å². The van der Waals surface area contributed by atoms with Crippen molar-refractivity contribution < 1.29 is 14.3 Å². The van der Waals surface area contributed by atoms with Crippen molar-refractivity contribution in [3.63, 3.8) is 0 Å². The molecule has 0 spiro atoms. The Morgan fingerprint density at radius 2 is 1.72 bits per heavy atom. The number of amides is 2. The maximum absolute atomic E-state index is 13.2. The highest BCUT2D eigenvalue weighted by molar-refractivity contribution is 6.06. The van der Waals surface area contributed by atoms with Gasteiger partial charge in [0.1, 0.15) is 0 Å². The Labute approximate surface area is 190 Å². The number of morpholine rings is 1. The topological polar surface area (TPSA) is 73.9 Å². The standard InChI is InChI=1S/C25H33N4O3/c1-26-13-5-14-27-24(30)21-9-11-23(12-10-21)29(25(31)22-7-3-2-4-8-22)16-6-15-28-17-19-32-20-18-28/h3-4,7-12,26H,5-6,13-20H2,1H3,(H,27,30). The van der Waals surface area contributed by atoms with Gasteiger partial charge in [-0.1, -0.05) is 12.1 Å². The van der Waals surface area contributed by atoms with Gasteiger partial charge in [0.2, 0.25) is 0 Å². The number of hydrogen-bond acceptors (Lipinski definition) is 5. The first kappa shape index (κ1) is 23.9. The van der Waals surface area contributed by atoms with E-state index in [1.807, 2.05) is 19.2 Å². The fraction of sp³-hybridized carbons (Fsp3) is 0.440. The number of anilines is 1. The number of benzene rings is 2. The van der Waals surface area contributed by atoms with Gasteiger partial charge in [-0.15, -0.1) is 0 Å². The lowest BCUT2D eigenvalue weighted by molar-refractivity contribution is 0.0376. The van der Waals surface area contributed by atoms with Crippen LogP contribution in [0.4, 0.5) is 5.69 Å². The minimum Gasteiger partial charge on any atom is -0.379 e. The molecule has 1 radical (unpaired) electrons. The monoisotopic (exact) mass is 437 g/mol. The molecular formula is C25H33N4O3. The summed E-state index contributed by atoms with van der Waals surface area (Å²) in [6.07, 6.45) is 1.73. The molecule has 32 heavy (non-hydrogen) atoms. The summed E-state index contributed by atoms with van der Waals surface area (Å²) in [6, 6.07) is 17.3. The van der Waals surface area contributed by atoms with E-state index in [1.165, 1.54) is 0 Å². The molecule has 7 nitrogen and oxygen atoms in total. The molecule has 0 bridgehead atoms. The first-order valence-corrected chi connectivity index (χ1v) is 11.3. The molecule has 2 aromatic rings. The second-order valence-electron chi connectivity index (χ2n) is 7.81. The maximum atomic E-state index is 13.2. The van der Waals surface area contributed by atoms with Crippen LogP contribution in [-0.4, -0.2) is 76.2 Å². The van der Waals surface area contributed by atoms with Gasteiger partial charge in [-0.2, -0.15) is 0 Å². The summed E-state index contributed by atoms with van der Waals surface area (Å²) in [6.45, 7) is 6.40. The molecule has 3 rings (SSSR count). The zero-order chi connectivity index (χ0) is 22.6. The lowest BCUT2D eigenvalue weighted by atomic mass is 10.1. The van der Waals surface area contributed by atoms with Gasteiger partial charge < -0.3 is 20.3 Å². The lowest BCUT2D eigenvalue weighted by Crippen LogP contribution is -2.39. The first-order valence-electron chi connectivity index (χ1n) is 11.3. The predicted octanol–water partition coefficient (Wildman–Crippen LogP) is 2.20. The Bertz CT molecular complexity index is 836. The predicted molar refractivity (Wildman–Crippen MR) is 126 cm³/mol. The molecule has 1 heterocycles. The lowest BCUT2D eigenvalue weighted by Gasteiger charge is -2.28. The molecular weight excluding hydrogens is 404 g/mol. The fourth-order valence-electron chi connectivity index (χ4n) is 3.67. The van der Waals surface area contributed by atoms with Gasteiger partial charge in [0.05, 0.1) is 13.2 Å². The minimum atomic E-state index is -0.101. The number of ether oxygens (including phenoxy) is 1. The Morgan fingerprint density at radius 1 is 1.00 bits per heavy atom. The van der Waals surface area contributed by atoms with E-state index in [9.17, 15) is 9.59 Å². The summed E-state index contributed by atoms with van der Waals surface area (Å²) < 4.78 is 5.41. The largest absolute Gasteiger partial charge is 0.379 e. The van der Waals surface area contributed by atoms with Gasteiger partial charge in [0.25, 0.3) is 11.8 Å². The highest BCUT2D eigenvalue weighted by atomic mass is 16.5. The van der Waals surface area contributed by atoms with Crippen molar-refractivity contribution in [1.29, 1.82) is 0 Å². The molecule has 0 aliphatic carbocycles. The molecule has 2 amide bonds. The molecule has 1 aliphatic rings. The maximum Gasteiger partial charge on any atom is 0.258 e. The number of rotatable bonds is 11. The number of nitrogens with one attached hydrogen (secondary N) is 2. The summed E-state index contributed by atoms with van der Waals surface area (Å²) >= 11 is 0. The van der Waals surface area contributed by atoms with Crippen LogP contribution in [0.5, 0.6) is 0 Å². The van der Waals surface area contributed by atoms with Crippen LogP contribution in [0.1, 0.15) is 33.6 Å². The van der Waals surface area contributed by atoms with Crippen molar-refractivity contribution in [3.8, 4) is 0 Å². The smallest absolute Gasteiger partial charge is 0.258 e. The summed E-state index contributed by atoms with van der Waals surface area (Å²) in [5, 5.41) is 5.99.